The first-order chi connectivity index (χ1) is 6.20. The van der Waals surface area contributed by atoms with Crippen molar-refractivity contribution in [2.24, 2.45) is 5.92 Å². The molecule has 0 aliphatic heterocycles. The fourth-order valence-corrected chi connectivity index (χ4v) is 1.11. The highest BCUT2D eigenvalue weighted by Crippen LogP contribution is 2.10. The number of rotatable bonds is 7. The molecule has 0 aliphatic rings. The Morgan fingerprint density at radius 2 is 2.00 bits per heavy atom. The first-order valence-electron chi connectivity index (χ1n) is 5.01. The predicted octanol–water partition coefficient (Wildman–Crippen LogP) is 2.38. The molecule has 1 N–H and O–H groups in total. The van der Waals surface area contributed by atoms with Crippen LogP contribution in [0.4, 0.5) is 0 Å². The fraction of sp³-hybridized carbons (Fsp3) is 0.818. The second-order valence-electron chi connectivity index (χ2n) is 3.69. The van der Waals surface area contributed by atoms with Gasteiger partial charge in [0.25, 0.3) is 0 Å². The second kappa shape index (κ2) is 8.27. The lowest BCUT2D eigenvalue weighted by atomic mass is 10.0. The number of aliphatic hydroxyl groups is 1. The minimum absolute atomic E-state index is 0.217. The first-order valence-corrected chi connectivity index (χ1v) is 5.01. The average molecular weight is 186 g/mol. The van der Waals surface area contributed by atoms with E-state index in [-0.39, 0.29) is 12.7 Å². The van der Waals surface area contributed by atoms with Crippen molar-refractivity contribution < 1.29 is 9.84 Å². The van der Waals surface area contributed by atoms with E-state index in [1.165, 1.54) is 6.42 Å². The third-order valence-electron chi connectivity index (χ3n) is 1.98. The zero-order valence-corrected chi connectivity index (χ0v) is 8.99. The molecule has 1 unspecified atom stereocenters. The number of ether oxygens (including phenoxy) is 1. The smallest absolute Gasteiger partial charge is 0.0752 e. The Kier molecular flexibility index (Phi) is 8.05. The molecule has 78 valence electrons. The van der Waals surface area contributed by atoms with Crippen molar-refractivity contribution in [3.63, 3.8) is 0 Å². The normalized spacial score (nSPS) is 14.2. The van der Waals surface area contributed by atoms with E-state index in [1.807, 2.05) is 12.2 Å². The first kappa shape index (κ1) is 12.7. The molecule has 2 nitrogen and oxygen atoms in total. The van der Waals surface area contributed by atoms with Gasteiger partial charge < -0.3 is 9.84 Å². The Morgan fingerprint density at radius 3 is 2.46 bits per heavy atom. The van der Waals surface area contributed by atoms with E-state index < -0.39 is 0 Å². The van der Waals surface area contributed by atoms with Crippen molar-refractivity contribution in [3.05, 3.63) is 12.2 Å². The Bertz CT molecular complexity index is 130. The monoisotopic (exact) mass is 186 g/mol. The standard InChI is InChI=1S/C11H22O2/c1-10(2)7-8-11(13-3)6-4-5-9-12/h4,6,10-12H,5,7-9H2,1-3H3/b6-4+. The molecule has 1 atom stereocenters. The summed E-state index contributed by atoms with van der Waals surface area (Å²) < 4.78 is 5.28. The second-order valence-corrected chi connectivity index (χ2v) is 3.69. The molecule has 0 spiro atoms. The largest absolute Gasteiger partial charge is 0.396 e. The summed E-state index contributed by atoms with van der Waals surface area (Å²) in [6.07, 6.45) is 7.21. The predicted molar refractivity (Wildman–Crippen MR) is 55.7 cm³/mol. The van der Waals surface area contributed by atoms with E-state index in [0.717, 1.165) is 18.8 Å². The molecule has 0 saturated carbocycles. The van der Waals surface area contributed by atoms with Crippen LogP contribution in [0.3, 0.4) is 0 Å². The molecule has 0 aromatic rings. The van der Waals surface area contributed by atoms with Gasteiger partial charge in [0.05, 0.1) is 6.10 Å². The molecule has 0 radical (unpaired) electrons. The van der Waals surface area contributed by atoms with Gasteiger partial charge in [0.15, 0.2) is 0 Å². The van der Waals surface area contributed by atoms with E-state index in [9.17, 15) is 0 Å². The summed E-state index contributed by atoms with van der Waals surface area (Å²) in [7, 11) is 1.73. The Morgan fingerprint density at radius 1 is 1.31 bits per heavy atom. The molecule has 0 saturated heterocycles. The highest BCUT2D eigenvalue weighted by atomic mass is 16.5. The maximum Gasteiger partial charge on any atom is 0.0752 e. The van der Waals surface area contributed by atoms with Gasteiger partial charge in [0.1, 0.15) is 0 Å². The zero-order valence-electron chi connectivity index (χ0n) is 8.99. The highest BCUT2D eigenvalue weighted by molar-refractivity contribution is 4.89. The van der Waals surface area contributed by atoms with Crippen LogP contribution in [-0.2, 0) is 4.74 Å². The summed E-state index contributed by atoms with van der Waals surface area (Å²) in [4.78, 5) is 0. The summed E-state index contributed by atoms with van der Waals surface area (Å²) in [5.41, 5.74) is 0. The summed E-state index contributed by atoms with van der Waals surface area (Å²) in [6.45, 7) is 4.64. The van der Waals surface area contributed by atoms with Crippen LogP contribution in [0.5, 0.6) is 0 Å². The van der Waals surface area contributed by atoms with Gasteiger partial charge in [0.2, 0.25) is 0 Å². The van der Waals surface area contributed by atoms with Crippen LogP contribution in [0.2, 0.25) is 0 Å². The molecule has 0 aliphatic carbocycles. The number of methoxy groups -OCH3 is 1. The lowest BCUT2D eigenvalue weighted by Gasteiger charge is -2.12. The van der Waals surface area contributed by atoms with Crippen LogP contribution in [0.15, 0.2) is 12.2 Å². The van der Waals surface area contributed by atoms with Crippen LogP contribution in [-0.4, -0.2) is 24.9 Å². The maximum atomic E-state index is 8.58. The van der Waals surface area contributed by atoms with Crippen LogP contribution in [0.25, 0.3) is 0 Å². The quantitative estimate of drug-likeness (QED) is 0.618. The zero-order chi connectivity index (χ0) is 10.1. The fourth-order valence-electron chi connectivity index (χ4n) is 1.11. The van der Waals surface area contributed by atoms with E-state index in [1.54, 1.807) is 7.11 Å². The number of aliphatic hydroxyl groups excluding tert-OH is 1. The third kappa shape index (κ3) is 8.00. The van der Waals surface area contributed by atoms with Crippen molar-refractivity contribution in [2.45, 2.75) is 39.2 Å². The van der Waals surface area contributed by atoms with Gasteiger partial charge in [-0.1, -0.05) is 26.0 Å². The number of hydrogen-bond acceptors (Lipinski definition) is 2. The van der Waals surface area contributed by atoms with Gasteiger partial charge >= 0.3 is 0 Å². The minimum Gasteiger partial charge on any atom is -0.396 e. The Labute approximate surface area is 81.6 Å². The summed E-state index contributed by atoms with van der Waals surface area (Å²) >= 11 is 0. The molecular formula is C11H22O2. The molecule has 0 bridgehead atoms. The van der Waals surface area contributed by atoms with Crippen LogP contribution in [0, 0.1) is 5.92 Å². The van der Waals surface area contributed by atoms with Crippen LogP contribution < -0.4 is 0 Å². The van der Waals surface area contributed by atoms with Crippen molar-refractivity contribution in [2.75, 3.05) is 13.7 Å². The highest BCUT2D eigenvalue weighted by Gasteiger charge is 2.03. The molecular weight excluding hydrogens is 164 g/mol. The van der Waals surface area contributed by atoms with Gasteiger partial charge in [-0.2, -0.15) is 0 Å². The van der Waals surface area contributed by atoms with Gasteiger partial charge in [-0.15, -0.1) is 0 Å². The summed E-state index contributed by atoms with van der Waals surface area (Å²) in [6, 6.07) is 0. The van der Waals surface area contributed by atoms with E-state index in [0.29, 0.717) is 0 Å². The maximum absolute atomic E-state index is 8.58. The SMILES string of the molecule is COC(/C=C/CCO)CCC(C)C. The summed E-state index contributed by atoms with van der Waals surface area (Å²) in [5.74, 6) is 0.726. The lowest BCUT2D eigenvalue weighted by molar-refractivity contribution is 0.128. The van der Waals surface area contributed by atoms with E-state index >= 15 is 0 Å². The van der Waals surface area contributed by atoms with Gasteiger partial charge in [-0.3, -0.25) is 0 Å². The Hall–Kier alpha value is -0.340. The van der Waals surface area contributed by atoms with E-state index in [4.69, 9.17) is 9.84 Å². The molecule has 2 heteroatoms. The Balaban J connectivity index is 3.62. The van der Waals surface area contributed by atoms with Crippen molar-refractivity contribution >= 4 is 0 Å². The molecule has 0 rings (SSSR count). The molecule has 0 aromatic heterocycles. The van der Waals surface area contributed by atoms with Gasteiger partial charge in [-0.05, 0) is 25.2 Å². The topological polar surface area (TPSA) is 29.5 Å². The van der Waals surface area contributed by atoms with Crippen LogP contribution in [0.1, 0.15) is 33.1 Å². The lowest BCUT2D eigenvalue weighted by Crippen LogP contribution is -2.08. The molecule has 0 aromatic carbocycles. The van der Waals surface area contributed by atoms with E-state index in [2.05, 4.69) is 13.8 Å². The van der Waals surface area contributed by atoms with Crippen LogP contribution >= 0.6 is 0 Å². The van der Waals surface area contributed by atoms with Gasteiger partial charge in [-0.25, -0.2) is 0 Å². The van der Waals surface area contributed by atoms with Gasteiger partial charge in [0, 0.05) is 13.7 Å². The average Bonchev–Trinajstić information content (AvgIpc) is 2.10. The molecule has 0 fully saturated rings. The van der Waals surface area contributed by atoms with Crippen molar-refractivity contribution in [1.82, 2.24) is 0 Å². The minimum atomic E-state index is 0.217. The third-order valence-corrected chi connectivity index (χ3v) is 1.98. The molecule has 0 heterocycles. The molecule has 13 heavy (non-hydrogen) atoms. The summed E-state index contributed by atoms with van der Waals surface area (Å²) in [5, 5.41) is 8.58. The molecule has 0 amide bonds. The van der Waals surface area contributed by atoms with Crippen molar-refractivity contribution in [3.8, 4) is 0 Å². The van der Waals surface area contributed by atoms with Crippen molar-refractivity contribution in [1.29, 1.82) is 0 Å². The number of hydrogen-bond donors (Lipinski definition) is 1.